The first-order valence-corrected chi connectivity index (χ1v) is 10.6. The van der Waals surface area contributed by atoms with Gasteiger partial charge in [-0.05, 0) is 31.5 Å². The summed E-state index contributed by atoms with van der Waals surface area (Å²) in [5.74, 6) is 0.0528. The summed E-state index contributed by atoms with van der Waals surface area (Å²) in [6.45, 7) is 3.09. The van der Waals surface area contributed by atoms with E-state index in [4.69, 9.17) is 9.68 Å². The maximum Gasteiger partial charge on any atom is 0.416 e. The number of hydrogen-bond donors (Lipinski definition) is 2. The summed E-state index contributed by atoms with van der Waals surface area (Å²) in [6.07, 6.45) is -4.45. The van der Waals surface area contributed by atoms with Gasteiger partial charge in [0.05, 0.1) is 11.3 Å². The Morgan fingerprint density at radius 1 is 1.07 bits per heavy atom. The molecular formula is C20H23F3N2O4S. The van der Waals surface area contributed by atoms with E-state index in [-0.39, 0.29) is 28.7 Å². The molecule has 0 saturated carbocycles. The molecule has 2 N–H and O–H groups in total. The van der Waals surface area contributed by atoms with Crippen LogP contribution >= 0.6 is 10.6 Å². The molecule has 6 nitrogen and oxygen atoms in total. The van der Waals surface area contributed by atoms with Crippen molar-refractivity contribution in [3.63, 3.8) is 0 Å². The average molecular weight is 444 g/mol. The normalized spacial score (nSPS) is 13.9. The van der Waals surface area contributed by atoms with Crippen LogP contribution in [0.2, 0.25) is 0 Å². The lowest BCUT2D eigenvalue weighted by Crippen LogP contribution is -2.17. The van der Waals surface area contributed by atoms with Crippen LogP contribution in [0.3, 0.4) is 0 Å². The van der Waals surface area contributed by atoms with Crippen LogP contribution in [0.1, 0.15) is 36.1 Å². The zero-order valence-electron chi connectivity index (χ0n) is 16.7. The van der Waals surface area contributed by atoms with Crippen LogP contribution in [0, 0.1) is 0 Å². The summed E-state index contributed by atoms with van der Waals surface area (Å²) in [6, 6.07) is 11.6. The third kappa shape index (κ3) is 5.97. The minimum Gasteiger partial charge on any atom is -0.398 e. The highest BCUT2D eigenvalue weighted by atomic mass is 32.3. The standard InChI is InChI=1S/C20H23F3N2O4S/c1-4-30(26,27)19(25-28-3)18-11-6-5-8-16(18)13-29-24-14(2)15-9-7-10-17(12-15)20(21,22)23/h5-12,26-27H,4,13H2,1-3H3. The van der Waals surface area contributed by atoms with Crippen molar-refractivity contribution in [3.05, 3.63) is 70.8 Å². The zero-order chi connectivity index (χ0) is 22.4. The fourth-order valence-corrected chi connectivity index (χ4v) is 3.55. The highest BCUT2D eigenvalue weighted by molar-refractivity contribution is 8.37. The van der Waals surface area contributed by atoms with Gasteiger partial charge in [0.25, 0.3) is 0 Å². The SMILES string of the molecule is CCS(O)(O)C(=NOC)c1ccccc1CON=C(C)c1cccc(C(F)(F)F)c1. The van der Waals surface area contributed by atoms with Crippen LogP contribution in [0.25, 0.3) is 0 Å². The number of alkyl halides is 3. The third-order valence-corrected chi connectivity index (χ3v) is 5.88. The smallest absolute Gasteiger partial charge is 0.398 e. The van der Waals surface area contributed by atoms with E-state index >= 15 is 0 Å². The molecule has 2 rings (SSSR count). The summed E-state index contributed by atoms with van der Waals surface area (Å²) >= 11 is 0. The lowest BCUT2D eigenvalue weighted by Gasteiger charge is -2.31. The molecule has 0 aliphatic carbocycles. The van der Waals surface area contributed by atoms with E-state index < -0.39 is 22.3 Å². The van der Waals surface area contributed by atoms with Gasteiger partial charge in [-0.2, -0.15) is 13.2 Å². The number of nitrogens with zero attached hydrogens (tertiary/aromatic N) is 2. The van der Waals surface area contributed by atoms with E-state index in [1.54, 1.807) is 31.2 Å². The van der Waals surface area contributed by atoms with E-state index in [1.165, 1.54) is 26.2 Å². The molecule has 0 aliphatic rings. The quantitative estimate of drug-likeness (QED) is 0.325. The second kappa shape index (κ2) is 9.96. The van der Waals surface area contributed by atoms with Gasteiger partial charge in [-0.3, -0.25) is 9.11 Å². The number of oxime groups is 2. The summed E-state index contributed by atoms with van der Waals surface area (Å²) < 4.78 is 59.3. The van der Waals surface area contributed by atoms with Crippen molar-refractivity contribution in [3.8, 4) is 0 Å². The number of rotatable bonds is 7. The Balaban J connectivity index is 2.24. The van der Waals surface area contributed by atoms with Gasteiger partial charge < -0.3 is 9.68 Å². The van der Waals surface area contributed by atoms with Gasteiger partial charge in [0.15, 0.2) is 5.04 Å². The molecule has 0 aromatic heterocycles. The molecule has 0 aliphatic heterocycles. The van der Waals surface area contributed by atoms with E-state index in [0.717, 1.165) is 12.1 Å². The molecule has 0 unspecified atom stereocenters. The van der Waals surface area contributed by atoms with E-state index in [2.05, 4.69) is 10.3 Å². The van der Waals surface area contributed by atoms with E-state index in [1.807, 2.05) is 0 Å². The molecule has 0 atom stereocenters. The summed E-state index contributed by atoms with van der Waals surface area (Å²) in [5, 5.41) is 7.67. The van der Waals surface area contributed by atoms with Gasteiger partial charge in [-0.1, -0.05) is 46.7 Å². The van der Waals surface area contributed by atoms with Crippen LogP contribution < -0.4 is 0 Å². The van der Waals surface area contributed by atoms with Gasteiger partial charge in [0.2, 0.25) is 0 Å². The van der Waals surface area contributed by atoms with Crippen LogP contribution in [0.15, 0.2) is 58.8 Å². The van der Waals surface area contributed by atoms with Crippen molar-refractivity contribution in [1.82, 2.24) is 0 Å². The molecule has 2 aromatic rings. The van der Waals surface area contributed by atoms with Crippen molar-refractivity contribution in [2.24, 2.45) is 10.3 Å². The maximum atomic E-state index is 12.9. The molecule has 0 amide bonds. The Morgan fingerprint density at radius 2 is 1.77 bits per heavy atom. The summed E-state index contributed by atoms with van der Waals surface area (Å²) in [7, 11) is -1.88. The van der Waals surface area contributed by atoms with Crippen molar-refractivity contribution in [2.45, 2.75) is 26.6 Å². The lowest BCUT2D eigenvalue weighted by atomic mass is 10.1. The Labute approximate surface area is 174 Å². The molecule has 0 bridgehead atoms. The topological polar surface area (TPSA) is 83.6 Å². The second-order valence-corrected chi connectivity index (χ2v) is 8.52. The largest absolute Gasteiger partial charge is 0.416 e. The summed E-state index contributed by atoms with van der Waals surface area (Å²) in [5.41, 5.74) is 0.752. The van der Waals surface area contributed by atoms with Crippen molar-refractivity contribution >= 4 is 21.3 Å². The minimum absolute atomic E-state index is 0.00900. The molecule has 0 saturated heterocycles. The monoisotopic (exact) mass is 444 g/mol. The third-order valence-electron chi connectivity index (χ3n) is 4.16. The molecular weight excluding hydrogens is 421 g/mol. The van der Waals surface area contributed by atoms with Gasteiger partial charge >= 0.3 is 6.18 Å². The van der Waals surface area contributed by atoms with Gasteiger partial charge in [-0.15, -0.1) is 10.6 Å². The predicted octanol–water partition coefficient (Wildman–Crippen LogP) is 5.72. The van der Waals surface area contributed by atoms with E-state index in [0.29, 0.717) is 11.1 Å². The van der Waals surface area contributed by atoms with Crippen LogP contribution in [-0.4, -0.2) is 32.7 Å². The maximum absolute atomic E-state index is 12.9. The molecule has 30 heavy (non-hydrogen) atoms. The van der Waals surface area contributed by atoms with Gasteiger partial charge in [0.1, 0.15) is 13.7 Å². The lowest BCUT2D eigenvalue weighted by molar-refractivity contribution is -0.137. The summed E-state index contributed by atoms with van der Waals surface area (Å²) in [4.78, 5) is 10.1. The molecule has 164 valence electrons. The van der Waals surface area contributed by atoms with Crippen LogP contribution in [0.5, 0.6) is 0 Å². The van der Waals surface area contributed by atoms with Gasteiger partial charge in [0, 0.05) is 16.9 Å². The first-order chi connectivity index (χ1) is 14.1. The second-order valence-electron chi connectivity index (χ2n) is 6.22. The van der Waals surface area contributed by atoms with E-state index in [9.17, 15) is 22.3 Å². The Bertz CT molecular complexity index is 930. The minimum atomic E-state index is -4.45. The first kappa shape index (κ1) is 23.7. The first-order valence-electron chi connectivity index (χ1n) is 8.89. The predicted molar refractivity (Wildman–Crippen MR) is 112 cm³/mol. The molecule has 0 spiro atoms. The van der Waals surface area contributed by atoms with Crippen LogP contribution in [0.4, 0.5) is 13.2 Å². The fraction of sp³-hybridized carbons (Fsp3) is 0.300. The van der Waals surface area contributed by atoms with Gasteiger partial charge in [-0.25, -0.2) is 0 Å². The highest BCUT2D eigenvalue weighted by Crippen LogP contribution is 2.43. The van der Waals surface area contributed by atoms with Crippen molar-refractivity contribution in [2.75, 3.05) is 12.9 Å². The molecule has 0 radical (unpaired) electrons. The number of benzene rings is 2. The van der Waals surface area contributed by atoms with Crippen molar-refractivity contribution < 1.29 is 32.0 Å². The van der Waals surface area contributed by atoms with Crippen LogP contribution in [-0.2, 0) is 22.5 Å². The Morgan fingerprint density at radius 3 is 2.40 bits per heavy atom. The number of halogens is 3. The molecule has 0 fully saturated rings. The zero-order valence-corrected chi connectivity index (χ0v) is 17.5. The molecule has 0 heterocycles. The Kier molecular flexibility index (Phi) is 7.88. The van der Waals surface area contributed by atoms with Crippen molar-refractivity contribution in [1.29, 1.82) is 0 Å². The fourth-order valence-electron chi connectivity index (χ4n) is 2.53. The Hall–Kier alpha value is -2.56. The average Bonchev–Trinajstić information content (AvgIpc) is 2.72. The molecule has 10 heteroatoms. The molecule has 2 aromatic carbocycles. The number of hydrogen-bond acceptors (Lipinski definition) is 6. The highest BCUT2D eigenvalue weighted by Gasteiger charge is 2.30.